The molecule has 2 nitrogen and oxygen atoms in total. The Morgan fingerprint density at radius 3 is 2.53 bits per heavy atom. The van der Waals surface area contributed by atoms with Crippen molar-refractivity contribution in [1.29, 1.82) is 0 Å². The fourth-order valence-electron chi connectivity index (χ4n) is 2.16. The molecule has 0 radical (unpaired) electrons. The second kappa shape index (κ2) is 5.85. The molecule has 1 aromatic carbocycles. The van der Waals surface area contributed by atoms with E-state index in [1.54, 1.807) is 11.3 Å². The molecule has 0 fully saturated rings. The van der Waals surface area contributed by atoms with E-state index in [1.165, 1.54) is 16.1 Å². The maximum absolute atomic E-state index is 6.47. The van der Waals surface area contributed by atoms with Gasteiger partial charge in [-0.15, -0.1) is 11.3 Å². The largest absolute Gasteiger partial charge is 0.320 e. The van der Waals surface area contributed by atoms with Crippen molar-refractivity contribution >= 4 is 11.3 Å². The van der Waals surface area contributed by atoms with Crippen molar-refractivity contribution in [3.63, 3.8) is 0 Å². The van der Waals surface area contributed by atoms with Crippen LogP contribution < -0.4 is 5.73 Å². The van der Waals surface area contributed by atoms with Gasteiger partial charge in [-0.3, -0.25) is 0 Å². The van der Waals surface area contributed by atoms with Crippen LogP contribution in [0.15, 0.2) is 30.3 Å². The predicted octanol–water partition coefficient (Wildman–Crippen LogP) is 3.82. The Balaban J connectivity index is 2.09. The van der Waals surface area contributed by atoms with Gasteiger partial charge in [-0.05, 0) is 38.7 Å². The van der Waals surface area contributed by atoms with Gasteiger partial charge < -0.3 is 5.73 Å². The molecule has 1 heterocycles. The molecule has 2 aromatic rings. The summed E-state index contributed by atoms with van der Waals surface area (Å²) in [5, 5.41) is 1.07. The van der Waals surface area contributed by atoms with E-state index < -0.39 is 0 Å². The number of aromatic nitrogens is 1. The SMILES string of the molecule is CCc1nc(C(C)(N)CCc2ccccc2)sc1C. The lowest BCUT2D eigenvalue weighted by atomic mass is 9.95. The van der Waals surface area contributed by atoms with Gasteiger partial charge in [-0.25, -0.2) is 4.98 Å². The van der Waals surface area contributed by atoms with Crippen LogP contribution in [0.5, 0.6) is 0 Å². The van der Waals surface area contributed by atoms with Crippen LogP contribution in [0.25, 0.3) is 0 Å². The number of rotatable bonds is 5. The predicted molar refractivity (Wildman–Crippen MR) is 82.5 cm³/mol. The summed E-state index contributed by atoms with van der Waals surface area (Å²) >= 11 is 1.74. The van der Waals surface area contributed by atoms with Crippen LogP contribution >= 0.6 is 11.3 Å². The first-order valence-corrected chi connectivity index (χ1v) is 7.64. The Morgan fingerprint density at radius 2 is 1.95 bits per heavy atom. The van der Waals surface area contributed by atoms with Crippen LogP contribution in [0.4, 0.5) is 0 Å². The first-order chi connectivity index (χ1) is 9.03. The van der Waals surface area contributed by atoms with Gasteiger partial charge in [0.05, 0.1) is 11.2 Å². The molecular weight excluding hydrogens is 252 g/mol. The van der Waals surface area contributed by atoms with Gasteiger partial charge in [-0.2, -0.15) is 0 Å². The van der Waals surface area contributed by atoms with Gasteiger partial charge in [0.2, 0.25) is 0 Å². The molecular formula is C16H22N2S. The van der Waals surface area contributed by atoms with Crippen LogP contribution in [-0.2, 0) is 18.4 Å². The molecule has 0 aliphatic carbocycles. The lowest BCUT2D eigenvalue weighted by Crippen LogP contribution is -2.33. The summed E-state index contributed by atoms with van der Waals surface area (Å²) in [5.41, 5.74) is 8.66. The van der Waals surface area contributed by atoms with Crippen LogP contribution in [0, 0.1) is 6.92 Å². The normalized spacial score (nSPS) is 14.3. The molecule has 102 valence electrons. The average Bonchev–Trinajstić information content (AvgIpc) is 2.80. The summed E-state index contributed by atoms with van der Waals surface area (Å²) in [6.45, 7) is 6.37. The van der Waals surface area contributed by atoms with Crippen molar-refractivity contribution in [3.8, 4) is 0 Å². The van der Waals surface area contributed by atoms with Crippen LogP contribution in [-0.4, -0.2) is 4.98 Å². The second-order valence-electron chi connectivity index (χ2n) is 5.28. The summed E-state index contributed by atoms with van der Waals surface area (Å²) in [4.78, 5) is 6.01. The van der Waals surface area contributed by atoms with Crippen molar-refractivity contribution < 1.29 is 0 Å². The molecule has 1 atom stereocenters. The van der Waals surface area contributed by atoms with E-state index in [-0.39, 0.29) is 5.54 Å². The van der Waals surface area contributed by atoms with Crippen molar-refractivity contribution in [1.82, 2.24) is 4.98 Å². The molecule has 0 saturated carbocycles. The van der Waals surface area contributed by atoms with E-state index in [9.17, 15) is 0 Å². The van der Waals surface area contributed by atoms with Crippen LogP contribution in [0.3, 0.4) is 0 Å². The number of nitrogens with zero attached hydrogens (tertiary/aromatic N) is 1. The molecule has 3 heteroatoms. The standard InChI is InChI=1S/C16H22N2S/c1-4-14-12(2)19-15(18-14)16(3,17)11-10-13-8-6-5-7-9-13/h5-9H,4,10-11,17H2,1-3H3. The lowest BCUT2D eigenvalue weighted by Gasteiger charge is -2.22. The minimum Gasteiger partial charge on any atom is -0.320 e. The second-order valence-corrected chi connectivity index (χ2v) is 6.48. The molecule has 1 aromatic heterocycles. The molecule has 0 saturated heterocycles. The maximum Gasteiger partial charge on any atom is 0.113 e. The molecule has 2 rings (SSSR count). The molecule has 0 aliphatic heterocycles. The first kappa shape index (κ1) is 14.2. The van der Waals surface area contributed by atoms with Gasteiger partial charge in [-0.1, -0.05) is 37.3 Å². The van der Waals surface area contributed by atoms with Gasteiger partial charge in [0.15, 0.2) is 0 Å². The Kier molecular flexibility index (Phi) is 4.38. The number of hydrogen-bond donors (Lipinski definition) is 1. The smallest absolute Gasteiger partial charge is 0.113 e. The summed E-state index contributed by atoms with van der Waals surface area (Å²) in [7, 11) is 0. The monoisotopic (exact) mass is 274 g/mol. The highest BCUT2D eigenvalue weighted by Crippen LogP contribution is 2.29. The minimum atomic E-state index is -0.335. The Bertz CT molecular complexity index is 529. The fourth-order valence-corrected chi connectivity index (χ4v) is 3.24. The number of benzene rings is 1. The van der Waals surface area contributed by atoms with E-state index >= 15 is 0 Å². The molecule has 0 bridgehead atoms. The van der Waals surface area contributed by atoms with E-state index in [2.05, 4.69) is 45.0 Å². The zero-order valence-corrected chi connectivity index (χ0v) is 12.8. The third-order valence-electron chi connectivity index (χ3n) is 3.49. The van der Waals surface area contributed by atoms with E-state index in [1.807, 2.05) is 6.07 Å². The Morgan fingerprint density at radius 1 is 1.26 bits per heavy atom. The average molecular weight is 274 g/mol. The summed E-state index contributed by atoms with van der Waals surface area (Å²) in [6.07, 6.45) is 2.90. The van der Waals surface area contributed by atoms with Gasteiger partial charge in [0.25, 0.3) is 0 Å². The van der Waals surface area contributed by atoms with Crippen LogP contribution in [0.2, 0.25) is 0 Å². The quantitative estimate of drug-likeness (QED) is 0.900. The molecule has 19 heavy (non-hydrogen) atoms. The van der Waals surface area contributed by atoms with Crippen molar-refractivity contribution in [2.45, 2.75) is 45.6 Å². The van der Waals surface area contributed by atoms with Gasteiger partial charge >= 0.3 is 0 Å². The van der Waals surface area contributed by atoms with E-state index in [0.29, 0.717) is 0 Å². The third-order valence-corrected chi connectivity index (χ3v) is 4.78. The highest BCUT2D eigenvalue weighted by Gasteiger charge is 2.25. The molecule has 2 N–H and O–H groups in total. The summed E-state index contributed by atoms with van der Waals surface area (Å²) in [6, 6.07) is 10.5. The molecule has 0 spiro atoms. The maximum atomic E-state index is 6.47. The highest BCUT2D eigenvalue weighted by molar-refractivity contribution is 7.11. The van der Waals surface area contributed by atoms with E-state index in [4.69, 9.17) is 10.7 Å². The molecule has 1 unspecified atom stereocenters. The Labute approximate surface area is 119 Å². The molecule has 0 aliphatic rings. The third kappa shape index (κ3) is 3.43. The topological polar surface area (TPSA) is 38.9 Å². The highest BCUT2D eigenvalue weighted by atomic mass is 32.1. The van der Waals surface area contributed by atoms with Crippen LogP contribution in [0.1, 0.15) is 41.4 Å². The van der Waals surface area contributed by atoms with Gasteiger partial charge in [0, 0.05) is 4.88 Å². The Hall–Kier alpha value is -1.19. The van der Waals surface area contributed by atoms with E-state index in [0.717, 1.165) is 24.3 Å². The van der Waals surface area contributed by atoms with Gasteiger partial charge in [0.1, 0.15) is 5.01 Å². The zero-order chi connectivity index (χ0) is 13.9. The summed E-state index contributed by atoms with van der Waals surface area (Å²) < 4.78 is 0. The van der Waals surface area contributed by atoms with Crippen molar-refractivity contribution in [2.24, 2.45) is 5.73 Å². The number of nitrogens with two attached hydrogens (primary N) is 1. The minimum absolute atomic E-state index is 0.335. The number of hydrogen-bond acceptors (Lipinski definition) is 3. The lowest BCUT2D eigenvalue weighted by molar-refractivity contribution is 0.449. The summed E-state index contributed by atoms with van der Waals surface area (Å²) in [5.74, 6) is 0. The number of aryl methyl sites for hydroxylation is 3. The fraction of sp³-hybridized carbons (Fsp3) is 0.438. The molecule has 0 amide bonds. The van der Waals surface area contributed by atoms with Crippen molar-refractivity contribution in [2.75, 3.05) is 0 Å². The number of thiazole rings is 1. The van der Waals surface area contributed by atoms with Crippen molar-refractivity contribution in [3.05, 3.63) is 51.5 Å². The first-order valence-electron chi connectivity index (χ1n) is 6.82. The zero-order valence-electron chi connectivity index (χ0n) is 11.9.